The molecule has 5 nitrogen and oxygen atoms in total. The van der Waals surface area contributed by atoms with Crippen molar-refractivity contribution in [1.82, 2.24) is 5.32 Å². The predicted octanol–water partition coefficient (Wildman–Crippen LogP) is 3.54. The predicted molar refractivity (Wildman–Crippen MR) is 91.0 cm³/mol. The molecule has 0 aliphatic rings. The molecule has 7 heteroatoms. The van der Waals surface area contributed by atoms with E-state index in [1.165, 1.54) is 25.6 Å². The maximum absolute atomic E-state index is 12.5. The van der Waals surface area contributed by atoms with Crippen LogP contribution in [0.3, 0.4) is 0 Å². The van der Waals surface area contributed by atoms with Crippen molar-refractivity contribution >= 4 is 28.8 Å². The second-order valence-electron chi connectivity index (χ2n) is 4.61. The lowest BCUT2D eigenvalue weighted by Crippen LogP contribution is -2.29. The smallest absolute Gasteiger partial charge is 0.258 e. The van der Waals surface area contributed by atoms with Crippen molar-refractivity contribution in [3.8, 4) is 11.5 Å². The molecule has 2 rings (SSSR count). The Balaban J connectivity index is 2.13. The largest absolute Gasteiger partial charge is 0.496 e. The lowest BCUT2D eigenvalue weighted by molar-refractivity contribution is 0.0833. The first kappa shape index (κ1) is 17.6. The normalized spacial score (nSPS) is 11.8. The second kappa shape index (κ2) is 8.19. The average Bonchev–Trinajstić information content (AvgIpc) is 3.00. The molecule has 0 aliphatic carbocycles. The zero-order chi connectivity index (χ0) is 16.8. The van der Waals surface area contributed by atoms with Gasteiger partial charge in [-0.3, -0.25) is 4.79 Å². The Labute approximate surface area is 144 Å². The number of benzene rings is 1. The highest BCUT2D eigenvalue weighted by Gasteiger charge is 2.20. The lowest BCUT2D eigenvalue weighted by atomic mass is 10.1. The van der Waals surface area contributed by atoms with Crippen molar-refractivity contribution in [3.63, 3.8) is 0 Å². The number of hydrogen-bond donors (Lipinski definition) is 1. The van der Waals surface area contributed by atoms with Crippen LogP contribution in [-0.4, -0.2) is 33.8 Å². The summed E-state index contributed by atoms with van der Waals surface area (Å²) in [6.07, 6.45) is -0.267. The fourth-order valence-corrected chi connectivity index (χ4v) is 3.29. The van der Waals surface area contributed by atoms with E-state index < -0.39 is 0 Å². The second-order valence-corrected chi connectivity index (χ2v) is 6.36. The summed E-state index contributed by atoms with van der Waals surface area (Å²) in [5.41, 5.74) is 0.358. The van der Waals surface area contributed by atoms with Crippen LogP contribution in [0.25, 0.3) is 0 Å². The van der Waals surface area contributed by atoms with Gasteiger partial charge in [-0.15, -0.1) is 11.3 Å². The van der Waals surface area contributed by atoms with Crippen molar-refractivity contribution in [2.75, 3.05) is 27.9 Å². The Kier molecular flexibility index (Phi) is 6.27. The number of methoxy groups -OCH3 is 3. The fourth-order valence-electron chi connectivity index (χ4n) is 2.15. The Morgan fingerprint density at radius 1 is 1.17 bits per heavy atom. The van der Waals surface area contributed by atoms with E-state index in [0.717, 1.165) is 4.88 Å². The molecule has 1 amide bonds. The highest BCUT2D eigenvalue weighted by atomic mass is 35.5. The highest BCUT2D eigenvalue weighted by molar-refractivity contribution is 7.16. The van der Waals surface area contributed by atoms with Gasteiger partial charge in [0.1, 0.15) is 23.2 Å². The zero-order valence-corrected chi connectivity index (χ0v) is 14.7. The van der Waals surface area contributed by atoms with Gasteiger partial charge < -0.3 is 19.5 Å². The van der Waals surface area contributed by atoms with Crippen molar-refractivity contribution in [3.05, 3.63) is 45.1 Å². The van der Waals surface area contributed by atoms with Gasteiger partial charge >= 0.3 is 0 Å². The summed E-state index contributed by atoms with van der Waals surface area (Å²) in [6.45, 7) is 0.313. The molecule has 0 fully saturated rings. The maximum Gasteiger partial charge on any atom is 0.258 e. The van der Waals surface area contributed by atoms with E-state index in [0.29, 0.717) is 27.9 Å². The van der Waals surface area contributed by atoms with Gasteiger partial charge in [-0.1, -0.05) is 17.7 Å². The van der Waals surface area contributed by atoms with E-state index in [1.807, 2.05) is 6.07 Å². The number of amides is 1. The fraction of sp³-hybridized carbons (Fsp3) is 0.312. The van der Waals surface area contributed by atoms with Crippen LogP contribution in [0.1, 0.15) is 21.3 Å². The molecular weight excluding hydrogens is 338 g/mol. The van der Waals surface area contributed by atoms with Crippen molar-refractivity contribution in [2.45, 2.75) is 6.10 Å². The van der Waals surface area contributed by atoms with E-state index >= 15 is 0 Å². The number of ether oxygens (including phenoxy) is 3. The molecule has 1 atom stereocenters. The summed E-state index contributed by atoms with van der Waals surface area (Å²) < 4.78 is 16.6. The zero-order valence-electron chi connectivity index (χ0n) is 13.1. The molecule has 23 heavy (non-hydrogen) atoms. The minimum atomic E-state index is -0.288. The first-order valence-corrected chi connectivity index (χ1v) is 8.07. The van der Waals surface area contributed by atoms with Gasteiger partial charge in [-0.2, -0.15) is 0 Å². The molecule has 0 aliphatic heterocycles. The number of rotatable bonds is 7. The first-order chi connectivity index (χ1) is 11.1. The molecule has 124 valence electrons. The van der Waals surface area contributed by atoms with Crippen molar-refractivity contribution < 1.29 is 19.0 Å². The minimum Gasteiger partial charge on any atom is -0.496 e. The lowest BCUT2D eigenvalue weighted by Gasteiger charge is -2.16. The molecule has 0 saturated carbocycles. The average molecular weight is 356 g/mol. The third-order valence-electron chi connectivity index (χ3n) is 3.30. The van der Waals surface area contributed by atoms with Crippen LogP contribution in [-0.2, 0) is 4.74 Å². The van der Waals surface area contributed by atoms with Gasteiger partial charge in [-0.05, 0) is 24.3 Å². The van der Waals surface area contributed by atoms with Crippen LogP contribution in [0.15, 0.2) is 30.3 Å². The summed E-state index contributed by atoms with van der Waals surface area (Å²) in [5, 5.41) is 2.85. The molecule has 0 radical (unpaired) electrons. The van der Waals surface area contributed by atoms with E-state index in [1.54, 1.807) is 31.4 Å². The molecule has 1 aromatic heterocycles. The third kappa shape index (κ3) is 4.16. The van der Waals surface area contributed by atoms with E-state index in [4.69, 9.17) is 25.8 Å². The van der Waals surface area contributed by atoms with Gasteiger partial charge in [0.2, 0.25) is 0 Å². The number of hydrogen-bond acceptors (Lipinski definition) is 5. The summed E-state index contributed by atoms with van der Waals surface area (Å²) in [5.74, 6) is 0.619. The monoisotopic (exact) mass is 355 g/mol. The van der Waals surface area contributed by atoms with E-state index in [2.05, 4.69) is 5.32 Å². The number of halogens is 1. The number of nitrogens with one attached hydrogen (secondary N) is 1. The Bertz CT molecular complexity index is 652. The minimum absolute atomic E-state index is 0.267. The number of carbonyl (C=O) groups excluding carboxylic acids is 1. The Morgan fingerprint density at radius 3 is 2.30 bits per heavy atom. The van der Waals surface area contributed by atoms with Gasteiger partial charge in [0, 0.05) is 18.5 Å². The summed E-state index contributed by atoms with van der Waals surface area (Å²) in [7, 11) is 4.61. The topological polar surface area (TPSA) is 56.8 Å². The molecule has 1 unspecified atom stereocenters. The van der Waals surface area contributed by atoms with Gasteiger partial charge in [0.15, 0.2) is 0 Å². The number of carbonyl (C=O) groups is 1. The summed E-state index contributed by atoms with van der Waals surface area (Å²) in [4.78, 5) is 13.5. The van der Waals surface area contributed by atoms with E-state index in [9.17, 15) is 4.79 Å². The molecule has 0 bridgehead atoms. The highest BCUT2D eigenvalue weighted by Crippen LogP contribution is 2.30. The van der Waals surface area contributed by atoms with Crippen LogP contribution in [0.2, 0.25) is 4.34 Å². The van der Waals surface area contributed by atoms with Crippen molar-refractivity contribution in [2.24, 2.45) is 0 Å². The van der Waals surface area contributed by atoms with Crippen molar-refractivity contribution in [1.29, 1.82) is 0 Å². The molecule has 1 heterocycles. The van der Waals surface area contributed by atoms with Crippen LogP contribution in [0.4, 0.5) is 0 Å². The van der Waals surface area contributed by atoms with Crippen LogP contribution < -0.4 is 14.8 Å². The van der Waals surface area contributed by atoms with Crippen LogP contribution in [0.5, 0.6) is 11.5 Å². The van der Waals surface area contributed by atoms with Gasteiger partial charge in [0.25, 0.3) is 5.91 Å². The van der Waals surface area contributed by atoms with Gasteiger partial charge in [-0.25, -0.2) is 0 Å². The van der Waals surface area contributed by atoms with Crippen LogP contribution >= 0.6 is 22.9 Å². The summed E-state index contributed by atoms with van der Waals surface area (Å²) in [6, 6.07) is 8.88. The molecule has 1 aromatic carbocycles. The molecule has 2 aromatic rings. The molecule has 0 saturated heterocycles. The third-order valence-corrected chi connectivity index (χ3v) is 4.62. The van der Waals surface area contributed by atoms with E-state index in [-0.39, 0.29) is 12.0 Å². The number of thiophene rings is 1. The Hall–Kier alpha value is -1.76. The SMILES string of the molecule is COc1cccc(OC)c1C(=O)NCC(OC)c1ccc(Cl)s1. The quantitative estimate of drug-likeness (QED) is 0.825. The molecule has 0 spiro atoms. The molecule has 1 N–H and O–H groups in total. The van der Waals surface area contributed by atoms with Crippen LogP contribution in [0, 0.1) is 0 Å². The maximum atomic E-state index is 12.5. The first-order valence-electron chi connectivity index (χ1n) is 6.88. The molecular formula is C16H18ClNO4S. The Morgan fingerprint density at radius 2 is 1.83 bits per heavy atom. The summed E-state index contributed by atoms with van der Waals surface area (Å²) >= 11 is 7.36. The van der Waals surface area contributed by atoms with Gasteiger partial charge in [0.05, 0.1) is 18.6 Å². The standard InChI is InChI=1S/C16H18ClNO4S/c1-20-10-5-4-6-11(21-2)15(10)16(19)18-9-12(22-3)13-7-8-14(17)23-13/h4-8,12H,9H2,1-3H3,(H,18,19).